The third-order valence-electron chi connectivity index (χ3n) is 3.58. The van der Waals surface area contributed by atoms with Gasteiger partial charge in [-0.3, -0.25) is 0 Å². The maximum atomic E-state index is 6.54. The van der Waals surface area contributed by atoms with Crippen molar-refractivity contribution in [3.8, 4) is 0 Å². The van der Waals surface area contributed by atoms with Gasteiger partial charge >= 0.3 is 9.36 Å². The van der Waals surface area contributed by atoms with Crippen molar-refractivity contribution < 1.29 is 8.67 Å². The van der Waals surface area contributed by atoms with E-state index in [-0.39, 0.29) is 16.7 Å². The van der Waals surface area contributed by atoms with Gasteiger partial charge in [0.1, 0.15) is 0 Å². The summed E-state index contributed by atoms with van der Waals surface area (Å²) in [5.74, 6) is 1.30. The molecular weight excluding hydrogens is 300 g/mol. The molecule has 0 amide bonds. The summed E-state index contributed by atoms with van der Waals surface area (Å²) in [5.41, 5.74) is 1.19. The maximum Gasteiger partial charge on any atom is 0.753 e. The standard InChI is InChI=1S/C19H32N2OSi/c1-17(2,3)20-16(15-13-11-10-12-14-15)21(18(4,5)6)23(20)22-19(7,8)9/h10-14H,1-9H3/q+1. The van der Waals surface area contributed by atoms with Crippen LogP contribution in [0, 0.1) is 0 Å². The first-order valence-electron chi connectivity index (χ1n) is 8.41. The van der Waals surface area contributed by atoms with Crippen LogP contribution >= 0.6 is 0 Å². The molecule has 1 aromatic carbocycles. The highest BCUT2D eigenvalue weighted by molar-refractivity contribution is 6.51. The zero-order chi connectivity index (χ0) is 17.6. The largest absolute Gasteiger partial charge is 0.753 e. The van der Waals surface area contributed by atoms with Gasteiger partial charge in [-0.15, -0.1) is 0 Å². The molecule has 3 nitrogen and oxygen atoms in total. The molecule has 23 heavy (non-hydrogen) atoms. The minimum Gasteiger partial charge on any atom is -0.338 e. The van der Waals surface area contributed by atoms with Gasteiger partial charge in [-0.25, -0.2) is 8.81 Å². The topological polar surface area (TPSA) is 15.5 Å². The Kier molecular flexibility index (Phi) is 4.55. The second-order valence-electron chi connectivity index (χ2n) is 9.20. The van der Waals surface area contributed by atoms with E-state index in [4.69, 9.17) is 4.43 Å². The van der Waals surface area contributed by atoms with E-state index >= 15 is 0 Å². The minimum atomic E-state index is -1.26. The van der Waals surface area contributed by atoms with Gasteiger partial charge in [0.15, 0.2) is 0 Å². The summed E-state index contributed by atoms with van der Waals surface area (Å²) in [6.07, 6.45) is 0. The summed E-state index contributed by atoms with van der Waals surface area (Å²) < 4.78 is 11.5. The van der Waals surface area contributed by atoms with Crippen LogP contribution in [0.15, 0.2) is 30.3 Å². The van der Waals surface area contributed by atoms with Crippen molar-refractivity contribution in [2.75, 3.05) is 0 Å². The maximum absolute atomic E-state index is 6.54. The number of rotatable bonds is 2. The van der Waals surface area contributed by atoms with E-state index in [1.54, 1.807) is 0 Å². The van der Waals surface area contributed by atoms with Gasteiger partial charge in [-0.1, -0.05) is 18.2 Å². The smallest absolute Gasteiger partial charge is 0.338 e. The highest BCUT2D eigenvalue weighted by Gasteiger charge is 2.64. The van der Waals surface area contributed by atoms with Crippen molar-refractivity contribution in [3.05, 3.63) is 35.9 Å². The monoisotopic (exact) mass is 332 g/mol. The van der Waals surface area contributed by atoms with Gasteiger partial charge in [0.25, 0.3) is 5.84 Å². The van der Waals surface area contributed by atoms with Crippen LogP contribution in [0.2, 0.25) is 0 Å². The number of benzene rings is 1. The molecule has 0 spiro atoms. The summed E-state index contributed by atoms with van der Waals surface area (Å²) in [6, 6.07) is 10.7. The zero-order valence-corrected chi connectivity index (χ0v) is 17.2. The lowest BCUT2D eigenvalue weighted by Crippen LogP contribution is -2.76. The van der Waals surface area contributed by atoms with Gasteiger partial charge in [-0.05, 0) is 74.4 Å². The Bertz CT molecular complexity index is 589. The Balaban J connectivity index is 2.60. The lowest BCUT2D eigenvalue weighted by atomic mass is 10.1. The molecule has 0 N–H and O–H groups in total. The average Bonchev–Trinajstić information content (AvgIpc) is 2.30. The molecule has 2 rings (SSSR count). The number of hydrogen-bond acceptors (Lipinski definition) is 2. The lowest BCUT2D eigenvalue weighted by molar-refractivity contribution is -0.524. The molecule has 1 aliphatic rings. The zero-order valence-electron chi connectivity index (χ0n) is 16.2. The van der Waals surface area contributed by atoms with Gasteiger partial charge in [0.2, 0.25) is 0 Å². The molecule has 1 heterocycles. The fourth-order valence-electron chi connectivity index (χ4n) is 2.76. The highest BCUT2D eigenvalue weighted by atomic mass is 28.3. The SMILES string of the molecule is CC(C)(C)O[Si]1N(C(C)(C)C)C(c2ccccc2)=[N+]1C(C)(C)C. The molecule has 0 unspecified atom stereocenters. The van der Waals surface area contributed by atoms with Crippen LogP contribution in [0.3, 0.4) is 0 Å². The fraction of sp³-hybridized carbons (Fsp3) is 0.632. The average molecular weight is 333 g/mol. The molecular formula is C19H32N2OSi+. The molecule has 0 atom stereocenters. The molecule has 0 aliphatic carbocycles. The predicted molar refractivity (Wildman–Crippen MR) is 98.7 cm³/mol. The van der Waals surface area contributed by atoms with Crippen molar-refractivity contribution in [1.82, 2.24) is 4.57 Å². The van der Waals surface area contributed by atoms with Crippen LogP contribution in [0.25, 0.3) is 0 Å². The van der Waals surface area contributed by atoms with E-state index in [9.17, 15) is 0 Å². The van der Waals surface area contributed by atoms with Gasteiger partial charge < -0.3 is 4.43 Å². The quantitative estimate of drug-likeness (QED) is 0.756. The van der Waals surface area contributed by atoms with Gasteiger partial charge in [0, 0.05) is 0 Å². The summed E-state index contributed by atoms with van der Waals surface area (Å²) in [6.45, 7) is 20.1. The van der Waals surface area contributed by atoms with Crippen LogP contribution in [0.1, 0.15) is 67.9 Å². The molecule has 0 aromatic heterocycles. The number of nitrogens with zero attached hydrogens (tertiary/aromatic N) is 2. The predicted octanol–water partition coefficient (Wildman–Crippen LogP) is 4.16. The van der Waals surface area contributed by atoms with Crippen molar-refractivity contribution in [2.45, 2.75) is 79.0 Å². The summed E-state index contributed by atoms with van der Waals surface area (Å²) in [7, 11) is -1.26. The summed E-state index contributed by atoms with van der Waals surface area (Å²) in [5, 5.41) is 0. The van der Waals surface area contributed by atoms with E-state index < -0.39 is 9.36 Å². The van der Waals surface area contributed by atoms with E-state index in [0.29, 0.717) is 0 Å². The first-order valence-corrected chi connectivity index (χ1v) is 9.71. The fourth-order valence-corrected chi connectivity index (χ4v) is 5.52. The molecule has 127 valence electrons. The van der Waals surface area contributed by atoms with Crippen LogP contribution in [-0.4, -0.2) is 40.7 Å². The van der Waals surface area contributed by atoms with Crippen LogP contribution < -0.4 is 0 Å². The lowest BCUT2D eigenvalue weighted by Gasteiger charge is -2.47. The number of hydrogen-bond donors (Lipinski definition) is 0. The van der Waals surface area contributed by atoms with Crippen LogP contribution in [0.5, 0.6) is 0 Å². The van der Waals surface area contributed by atoms with Crippen molar-refractivity contribution in [2.24, 2.45) is 0 Å². The molecule has 1 aromatic rings. The normalized spacial score (nSPS) is 17.5. The van der Waals surface area contributed by atoms with E-state index in [1.165, 1.54) is 11.4 Å². The molecule has 4 heteroatoms. The second kappa shape index (κ2) is 5.74. The van der Waals surface area contributed by atoms with E-state index in [2.05, 4.69) is 101 Å². The molecule has 0 fully saturated rings. The summed E-state index contributed by atoms with van der Waals surface area (Å²) >= 11 is 0. The first kappa shape index (κ1) is 18.2. The Morgan fingerprint density at radius 1 is 0.870 bits per heavy atom. The second-order valence-corrected chi connectivity index (χ2v) is 10.9. The molecule has 0 bridgehead atoms. The van der Waals surface area contributed by atoms with Crippen LogP contribution in [0.4, 0.5) is 0 Å². The molecule has 1 radical (unpaired) electrons. The van der Waals surface area contributed by atoms with Crippen molar-refractivity contribution >= 4 is 15.2 Å². The minimum absolute atomic E-state index is 0.0342. The van der Waals surface area contributed by atoms with E-state index in [1.807, 2.05) is 0 Å². The van der Waals surface area contributed by atoms with Gasteiger partial charge in [0.05, 0.1) is 22.2 Å². The molecule has 0 saturated heterocycles. The molecule has 0 saturated carbocycles. The Morgan fingerprint density at radius 3 is 1.78 bits per heavy atom. The Hall–Kier alpha value is -1.13. The van der Waals surface area contributed by atoms with Crippen LogP contribution in [-0.2, 0) is 4.43 Å². The van der Waals surface area contributed by atoms with Crippen molar-refractivity contribution in [3.63, 3.8) is 0 Å². The summed E-state index contributed by atoms with van der Waals surface area (Å²) in [4.78, 5) is 0. The van der Waals surface area contributed by atoms with E-state index in [0.717, 1.165) is 0 Å². The third kappa shape index (κ3) is 3.86. The molecule has 1 aliphatic heterocycles. The number of amidine groups is 1. The third-order valence-corrected chi connectivity index (χ3v) is 6.90. The van der Waals surface area contributed by atoms with Gasteiger partial charge in [-0.2, -0.15) is 0 Å². The highest BCUT2D eigenvalue weighted by Crippen LogP contribution is 2.33. The van der Waals surface area contributed by atoms with Crippen molar-refractivity contribution in [1.29, 1.82) is 0 Å². The first-order chi connectivity index (χ1) is 10.3. The Morgan fingerprint density at radius 2 is 1.39 bits per heavy atom. The Labute approximate surface area is 143 Å².